The summed E-state index contributed by atoms with van der Waals surface area (Å²) >= 11 is 0.987. The standard InChI is InChI=1S/C29H20N4O6S/c34-26(30-21-12-11-19-6-4-5-7-20(19)16-21)17-40-25-13-10-18(15-24(25)33(38)39)14-23-27(35)31-29(37)32(28(23)36)22-8-2-1-3-9-22/h1-16H,17H2,(H,30,34)(H,31,35,37)/b23-14+. The number of imide groups is 2. The maximum atomic E-state index is 13.0. The first-order valence-corrected chi connectivity index (χ1v) is 12.9. The fraction of sp³-hybridized carbons (Fsp3) is 0.0345. The van der Waals surface area contributed by atoms with Gasteiger partial charge in [0.05, 0.1) is 21.3 Å². The molecule has 0 saturated carbocycles. The lowest BCUT2D eigenvalue weighted by Gasteiger charge is -2.26. The minimum absolute atomic E-state index is 0.0802. The third-order valence-corrected chi connectivity index (χ3v) is 7.06. The zero-order chi connectivity index (χ0) is 28.2. The molecular weight excluding hydrogens is 532 g/mol. The molecule has 4 aromatic rings. The van der Waals surface area contributed by atoms with Gasteiger partial charge in [-0.1, -0.05) is 54.6 Å². The number of amides is 5. The Morgan fingerprint density at radius 3 is 2.40 bits per heavy atom. The van der Waals surface area contributed by atoms with Gasteiger partial charge in [-0.25, -0.2) is 9.69 Å². The molecule has 0 aromatic heterocycles. The molecule has 0 spiro atoms. The van der Waals surface area contributed by atoms with Gasteiger partial charge in [0.25, 0.3) is 17.5 Å². The van der Waals surface area contributed by atoms with E-state index in [0.717, 1.165) is 27.4 Å². The van der Waals surface area contributed by atoms with Gasteiger partial charge in [-0.2, -0.15) is 0 Å². The monoisotopic (exact) mass is 552 g/mol. The number of carbonyl (C=O) groups is 4. The largest absolute Gasteiger partial charge is 0.335 e. The van der Waals surface area contributed by atoms with E-state index in [2.05, 4.69) is 10.6 Å². The second kappa shape index (κ2) is 11.2. The van der Waals surface area contributed by atoms with Crippen LogP contribution in [0.25, 0.3) is 16.8 Å². The first-order valence-electron chi connectivity index (χ1n) is 12.0. The van der Waals surface area contributed by atoms with Gasteiger partial charge in [0, 0.05) is 11.8 Å². The van der Waals surface area contributed by atoms with Crippen molar-refractivity contribution in [1.29, 1.82) is 0 Å². The molecule has 5 amide bonds. The van der Waals surface area contributed by atoms with E-state index in [1.165, 1.54) is 36.4 Å². The quantitative estimate of drug-likeness (QED) is 0.106. The van der Waals surface area contributed by atoms with E-state index in [0.29, 0.717) is 5.69 Å². The fourth-order valence-corrected chi connectivity index (χ4v) is 4.94. The number of hydrogen-bond donors (Lipinski definition) is 2. The molecule has 1 saturated heterocycles. The van der Waals surface area contributed by atoms with Crippen molar-refractivity contribution in [2.24, 2.45) is 0 Å². The summed E-state index contributed by atoms with van der Waals surface area (Å²) < 4.78 is 0. The maximum absolute atomic E-state index is 13.0. The van der Waals surface area contributed by atoms with E-state index in [1.807, 2.05) is 36.4 Å². The lowest BCUT2D eigenvalue weighted by Crippen LogP contribution is -2.54. The third kappa shape index (κ3) is 5.59. The van der Waals surface area contributed by atoms with Crippen LogP contribution in [-0.4, -0.2) is 34.4 Å². The van der Waals surface area contributed by atoms with Crippen molar-refractivity contribution in [2.45, 2.75) is 4.90 Å². The van der Waals surface area contributed by atoms with Crippen LogP contribution in [0.1, 0.15) is 5.56 Å². The number of rotatable bonds is 7. The first-order chi connectivity index (χ1) is 19.3. The number of hydrogen-bond acceptors (Lipinski definition) is 7. The number of barbiturate groups is 1. The van der Waals surface area contributed by atoms with Gasteiger partial charge in [0.1, 0.15) is 5.57 Å². The van der Waals surface area contributed by atoms with Crippen LogP contribution in [0.15, 0.2) is 101 Å². The molecule has 1 heterocycles. The number of nitrogens with one attached hydrogen (secondary N) is 2. The third-order valence-electron chi connectivity index (χ3n) is 6.00. The Balaban J connectivity index is 1.33. The Kier molecular flexibility index (Phi) is 7.38. The molecule has 0 unspecified atom stereocenters. The zero-order valence-corrected chi connectivity index (χ0v) is 21.5. The number of para-hydroxylation sites is 1. The van der Waals surface area contributed by atoms with Crippen molar-refractivity contribution in [3.8, 4) is 0 Å². The van der Waals surface area contributed by atoms with Gasteiger partial charge >= 0.3 is 6.03 Å². The minimum atomic E-state index is -0.909. The molecule has 0 atom stereocenters. The number of anilines is 2. The lowest BCUT2D eigenvalue weighted by atomic mass is 10.1. The van der Waals surface area contributed by atoms with Crippen molar-refractivity contribution >= 4 is 69.4 Å². The van der Waals surface area contributed by atoms with Crippen LogP contribution in [-0.2, 0) is 14.4 Å². The number of urea groups is 1. The molecule has 198 valence electrons. The number of nitro benzene ring substituents is 1. The molecule has 1 fully saturated rings. The highest BCUT2D eigenvalue weighted by Crippen LogP contribution is 2.32. The second-order valence-electron chi connectivity index (χ2n) is 8.68. The number of carbonyl (C=O) groups excluding carboxylic acids is 4. The Morgan fingerprint density at radius 2 is 1.65 bits per heavy atom. The molecule has 0 aliphatic carbocycles. The van der Waals surface area contributed by atoms with E-state index in [1.54, 1.807) is 24.3 Å². The number of benzene rings is 4. The average Bonchev–Trinajstić information content (AvgIpc) is 2.95. The Morgan fingerprint density at radius 1 is 0.925 bits per heavy atom. The molecule has 2 N–H and O–H groups in total. The number of nitrogens with zero attached hydrogens (tertiary/aromatic N) is 2. The Labute approximate surface area is 231 Å². The number of fused-ring (bicyclic) bond motifs is 1. The second-order valence-corrected chi connectivity index (χ2v) is 9.69. The van der Waals surface area contributed by atoms with Crippen LogP contribution in [0, 0.1) is 10.1 Å². The smallest absolute Gasteiger partial charge is 0.325 e. The summed E-state index contributed by atoms with van der Waals surface area (Å²) in [6.45, 7) is 0. The molecule has 4 aromatic carbocycles. The highest BCUT2D eigenvalue weighted by molar-refractivity contribution is 8.00. The first kappa shape index (κ1) is 26.3. The number of nitro groups is 1. The lowest BCUT2D eigenvalue weighted by molar-refractivity contribution is -0.387. The number of thioether (sulfide) groups is 1. The summed E-state index contributed by atoms with van der Waals surface area (Å²) in [5.74, 6) is -2.18. The van der Waals surface area contributed by atoms with Crippen molar-refractivity contribution < 1.29 is 24.1 Å². The van der Waals surface area contributed by atoms with Gasteiger partial charge in [-0.15, -0.1) is 11.8 Å². The normalized spacial score (nSPS) is 14.3. The van der Waals surface area contributed by atoms with Crippen LogP contribution in [0.4, 0.5) is 21.9 Å². The van der Waals surface area contributed by atoms with E-state index in [-0.39, 0.29) is 39.1 Å². The van der Waals surface area contributed by atoms with E-state index in [9.17, 15) is 29.3 Å². The molecule has 10 nitrogen and oxygen atoms in total. The zero-order valence-electron chi connectivity index (χ0n) is 20.7. The fourth-order valence-electron chi connectivity index (χ4n) is 4.13. The minimum Gasteiger partial charge on any atom is -0.325 e. The van der Waals surface area contributed by atoms with Crippen molar-refractivity contribution in [3.05, 3.63) is 112 Å². The topological polar surface area (TPSA) is 139 Å². The molecule has 1 aliphatic heterocycles. The van der Waals surface area contributed by atoms with Crippen LogP contribution in [0.5, 0.6) is 0 Å². The molecule has 0 bridgehead atoms. The Hall–Kier alpha value is -5.29. The van der Waals surface area contributed by atoms with Crippen LogP contribution >= 0.6 is 11.8 Å². The van der Waals surface area contributed by atoms with Crippen LogP contribution < -0.4 is 15.5 Å². The maximum Gasteiger partial charge on any atom is 0.335 e. The van der Waals surface area contributed by atoms with Gasteiger partial charge < -0.3 is 5.32 Å². The van der Waals surface area contributed by atoms with Crippen LogP contribution in [0.3, 0.4) is 0 Å². The van der Waals surface area contributed by atoms with Crippen molar-refractivity contribution in [1.82, 2.24) is 5.32 Å². The predicted octanol–water partition coefficient (Wildman–Crippen LogP) is 5.15. The molecular formula is C29H20N4O6S. The van der Waals surface area contributed by atoms with Crippen LogP contribution in [0.2, 0.25) is 0 Å². The van der Waals surface area contributed by atoms with E-state index >= 15 is 0 Å². The summed E-state index contributed by atoms with van der Waals surface area (Å²) in [5.41, 5.74) is 0.435. The summed E-state index contributed by atoms with van der Waals surface area (Å²) in [6, 6.07) is 24.6. The molecule has 11 heteroatoms. The molecule has 1 aliphatic rings. The predicted molar refractivity (Wildman–Crippen MR) is 152 cm³/mol. The van der Waals surface area contributed by atoms with Gasteiger partial charge in [-0.3, -0.25) is 29.8 Å². The van der Waals surface area contributed by atoms with E-state index < -0.39 is 22.8 Å². The molecule has 5 rings (SSSR count). The highest BCUT2D eigenvalue weighted by Gasteiger charge is 2.36. The summed E-state index contributed by atoms with van der Waals surface area (Å²) in [4.78, 5) is 62.6. The highest BCUT2D eigenvalue weighted by atomic mass is 32.2. The van der Waals surface area contributed by atoms with Gasteiger partial charge in [0.2, 0.25) is 5.91 Å². The summed E-state index contributed by atoms with van der Waals surface area (Å²) in [6.07, 6.45) is 1.19. The van der Waals surface area contributed by atoms with Crippen molar-refractivity contribution in [3.63, 3.8) is 0 Å². The summed E-state index contributed by atoms with van der Waals surface area (Å²) in [7, 11) is 0. The SMILES string of the molecule is O=C(CSc1ccc(/C=C2\C(=O)NC(=O)N(c3ccccc3)C2=O)cc1[N+](=O)[O-])Nc1ccc2ccccc2c1. The van der Waals surface area contributed by atoms with Gasteiger partial charge in [-0.05, 0) is 52.7 Å². The average molecular weight is 553 g/mol. The molecule has 0 radical (unpaired) electrons. The van der Waals surface area contributed by atoms with Gasteiger partial charge in [0.15, 0.2) is 0 Å². The Bertz CT molecular complexity index is 1720. The summed E-state index contributed by atoms with van der Waals surface area (Å²) in [5, 5.41) is 18.7. The van der Waals surface area contributed by atoms with E-state index in [4.69, 9.17) is 0 Å². The molecule has 40 heavy (non-hydrogen) atoms. The van der Waals surface area contributed by atoms with Crippen molar-refractivity contribution in [2.75, 3.05) is 16.0 Å².